The maximum absolute atomic E-state index is 2.69. The molecule has 4 aliphatic rings. The second-order valence-corrected chi connectivity index (χ2v) is 12.3. The molecule has 0 bridgehead atoms. The monoisotopic (exact) mass is 382 g/mol. The smallest absolute Gasteiger partial charge is 0.00474 e. The lowest BCUT2D eigenvalue weighted by atomic mass is 9.49. The van der Waals surface area contributed by atoms with Crippen molar-refractivity contribution in [3.8, 4) is 0 Å². The zero-order valence-corrected chi connectivity index (χ0v) is 19.7. The maximum Gasteiger partial charge on any atom is -0.00474 e. The highest BCUT2D eigenvalue weighted by atomic mass is 14.6. The normalized spacial score (nSPS) is 43.7. The number of hydrogen-bond acceptors (Lipinski definition) is 0. The molecule has 0 nitrogen and oxygen atoms in total. The van der Waals surface area contributed by atoms with E-state index in [4.69, 9.17) is 0 Å². The van der Waals surface area contributed by atoms with E-state index in [2.05, 4.69) is 53.7 Å². The van der Waals surface area contributed by atoms with Gasteiger partial charge in [0.05, 0.1) is 0 Å². The fraction of sp³-hybridized carbons (Fsp3) is 0.857. The third-order valence-corrected chi connectivity index (χ3v) is 10.0. The van der Waals surface area contributed by atoms with Crippen molar-refractivity contribution in [3.63, 3.8) is 0 Å². The van der Waals surface area contributed by atoms with E-state index in [0.717, 1.165) is 35.5 Å². The van der Waals surface area contributed by atoms with E-state index in [1.807, 2.05) is 5.57 Å². The Bertz CT molecular complexity index is 636. The molecule has 7 atom stereocenters. The molecular formula is C28H46. The Kier molecular flexibility index (Phi) is 5.65. The largest absolute Gasteiger partial charge is 0.0634 e. The molecule has 0 heteroatoms. The van der Waals surface area contributed by atoms with E-state index in [1.165, 1.54) is 64.2 Å². The fourth-order valence-corrected chi connectivity index (χ4v) is 8.21. The Morgan fingerprint density at radius 1 is 0.929 bits per heavy atom. The van der Waals surface area contributed by atoms with E-state index in [1.54, 1.807) is 5.57 Å². The maximum atomic E-state index is 2.69. The number of rotatable bonds is 5. The zero-order chi connectivity index (χ0) is 20.1. The molecule has 0 aromatic heterocycles. The van der Waals surface area contributed by atoms with E-state index < -0.39 is 0 Å². The molecule has 3 saturated carbocycles. The van der Waals surface area contributed by atoms with Crippen LogP contribution in [0.25, 0.3) is 0 Å². The Labute approximate surface area is 175 Å². The zero-order valence-electron chi connectivity index (χ0n) is 19.7. The van der Waals surface area contributed by atoms with Crippen LogP contribution in [0, 0.1) is 46.3 Å². The second-order valence-electron chi connectivity index (χ2n) is 12.3. The first-order valence-corrected chi connectivity index (χ1v) is 12.7. The molecule has 0 aromatic carbocycles. The molecule has 6 unspecified atom stereocenters. The molecule has 3 fully saturated rings. The Morgan fingerprint density at radius 3 is 2.46 bits per heavy atom. The summed E-state index contributed by atoms with van der Waals surface area (Å²) in [6.07, 6.45) is 19.6. The molecular weight excluding hydrogens is 336 g/mol. The van der Waals surface area contributed by atoms with Crippen molar-refractivity contribution in [2.75, 3.05) is 0 Å². The van der Waals surface area contributed by atoms with Gasteiger partial charge in [-0.1, -0.05) is 84.1 Å². The number of allylic oxidation sites excluding steroid dienone is 4. The third kappa shape index (κ3) is 3.35. The average molecular weight is 383 g/mol. The summed E-state index contributed by atoms with van der Waals surface area (Å²) < 4.78 is 0. The van der Waals surface area contributed by atoms with Gasteiger partial charge in [0, 0.05) is 0 Å². The van der Waals surface area contributed by atoms with E-state index >= 15 is 0 Å². The molecule has 0 aliphatic heterocycles. The van der Waals surface area contributed by atoms with Crippen molar-refractivity contribution in [1.82, 2.24) is 0 Å². The topological polar surface area (TPSA) is 0 Å². The minimum Gasteiger partial charge on any atom is -0.0634 e. The molecule has 0 radical (unpaired) electrons. The fourth-order valence-electron chi connectivity index (χ4n) is 8.21. The van der Waals surface area contributed by atoms with Crippen LogP contribution in [-0.4, -0.2) is 0 Å². The van der Waals surface area contributed by atoms with Gasteiger partial charge in [0.2, 0.25) is 0 Å². The molecule has 4 aliphatic carbocycles. The van der Waals surface area contributed by atoms with Gasteiger partial charge in [0.25, 0.3) is 0 Å². The van der Waals surface area contributed by atoms with E-state index in [-0.39, 0.29) is 0 Å². The van der Waals surface area contributed by atoms with Gasteiger partial charge in [-0.15, -0.1) is 0 Å². The second kappa shape index (κ2) is 7.63. The van der Waals surface area contributed by atoms with Crippen LogP contribution in [0.1, 0.15) is 106 Å². The summed E-state index contributed by atoms with van der Waals surface area (Å²) in [6.45, 7) is 15.1. The van der Waals surface area contributed by atoms with E-state index in [0.29, 0.717) is 10.8 Å². The van der Waals surface area contributed by atoms with Gasteiger partial charge in [-0.3, -0.25) is 0 Å². The van der Waals surface area contributed by atoms with Crippen LogP contribution >= 0.6 is 0 Å². The highest BCUT2D eigenvalue weighted by Crippen LogP contribution is 2.66. The number of hydrogen-bond donors (Lipinski definition) is 0. The van der Waals surface area contributed by atoms with Crippen molar-refractivity contribution in [3.05, 3.63) is 23.3 Å². The van der Waals surface area contributed by atoms with Gasteiger partial charge in [0.1, 0.15) is 0 Å². The van der Waals surface area contributed by atoms with Crippen molar-refractivity contribution in [2.24, 2.45) is 46.3 Å². The molecule has 0 spiro atoms. The summed E-state index contributed by atoms with van der Waals surface area (Å²) in [5.41, 5.74) is 4.73. The van der Waals surface area contributed by atoms with Crippen molar-refractivity contribution in [1.29, 1.82) is 0 Å². The molecule has 0 heterocycles. The highest BCUT2D eigenvalue weighted by molar-refractivity contribution is 5.38. The molecule has 0 aromatic rings. The van der Waals surface area contributed by atoms with Crippen LogP contribution in [0.5, 0.6) is 0 Å². The third-order valence-electron chi connectivity index (χ3n) is 10.0. The molecule has 4 rings (SSSR count). The predicted molar refractivity (Wildman–Crippen MR) is 122 cm³/mol. The highest BCUT2D eigenvalue weighted by Gasteiger charge is 2.56. The Hall–Kier alpha value is -0.520. The Morgan fingerprint density at radius 2 is 1.71 bits per heavy atom. The van der Waals surface area contributed by atoms with Gasteiger partial charge >= 0.3 is 0 Å². The minimum atomic E-state index is 0.485. The van der Waals surface area contributed by atoms with Gasteiger partial charge in [0.15, 0.2) is 0 Å². The number of fused-ring (bicyclic) bond motifs is 5. The van der Waals surface area contributed by atoms with E-state index in [9.17, 15) is 0 Å². The minimum absolute atomic E-state index is 0.485. The van der Waals surface area contributed by atoms with Crippen molar-refractivity contribution in [2.45, 2.75) is 106 Å². The SMILES string of the molecule is CC(C)CCCC(C)C1CCC2C3=CC=C4C[C@@H](C)CCC4(C)C3CCC21C. The van der Waals surface area contributed by atoms with Crippen LogP contribution < -0.4 is 0 Å². The summed E-state index contributed by atoms with van der Waals surface area (Å²) >= 11 is 0. The first-order valence-electron chi connectivity index (χ1n) is 12.7. The summed E-state index contributed by atoms with van der Waals surface area (Å²) in [5, 5.41) is 0. The lowest BCUT2D eigenvalue weighted by Gasteiger charge is -2.55. The summed E-state index contributed by atoms with van der Waals surface area (Å²) in [7, 11) is 0. The predicted octanol–water partition coefficient (Wildman–Crippen LogP) is 8.58. The lowest BCUT2D eigenvalue weighted by Crippen LogP contribution is -2.46. The van der Waals surface area contributed by atoms with Crippen molar-refractivity contribution >= 4 is 0 Å². The van der Waals surface area contributed by atoms with Crippen LogP contribution in [0.15, 0.2) is 23.3 Å². The summed E-state index contributed by atoms with van der Waals surface area (Å²) in [5.74, 6) is 5.35. The van der Waals surface area contributed by atoms with Crippen LogP contribution in [0.4, 0.5) is 0 Å². The first-order chi connectivity index (χ1) is 13.3. The lowest BCUT2D eigenvalue weighted by molar-refractivity contribution is 0.0447. The first kappa shape index (κ1) is 20.7. The molecule has 0 saturated heterocycles. The van der Waals surface area contributed by atoms with Crippen LogP contribution in [0.2, 0.25) is 0 Å². The van der Waals surface area contributed by atoms with Gasteiger partial charge in [-0.25, -0.2) is 0 Å². The standard InChI is InChI=1S/C28H46/c1-19(2)8-7-9-21(4)24-12-13-25-23-11-10-22-18-20(3)14-16-27(22,5)26(23)15-17-28(24,25)6/h10-11,19-21,24-26H,7-9,12-18H2,1-6H3/t20-,21?,24?,25?,26?,27?,28?/m0/s1. The molecule has 0 amide bonds. The average Bonchev–Trinajstić information content (AvgIpc) is 2.99. The van der Waals surface area contributed by atoms with Gasteiger partial charge in [-0.05, 0) is 91.3 Å². The summed E-state index contributed by atoms with van der Waals surface area (Å²) in [6, 6.07) is 0. The molecule has 158 valence electrons. The van der Waals surface area contributed by atoms with Gasteiger partial charge < -0.3 is 0 Å². The summed E-state index contributed by atoms with van der Waals surface area (Å²) in [4.78, 5) is 0. The molecule has 0 N–H and O–H groups in total. The Balaban J connectivity index is 1.53. The quantitative estimate of drug-likeness (QED) is 0.446. The molecule has 28 heavy (non-hydrogen) atoms. The van der Waals surface area contributed by atoms with Crippen molar-refractivity contribution < 1.29 is 0 Å². The van der Waals surface area contributed by atoms with Crippen LogP contribution in [-0.2, 0) is 0 Å². The van der Waals surface area contributed by atoms with Gasteiger partial charge in [-0.2, -0.15) is 0 Å². The van der Waals surface area contributed by atoms with Crippen LogP contribution in [0.3, 0.4) is 0 Å².